The lowest BCUT2D eigenvalue weighted by molar-refractivity contribution is 0.154. The molecule has 0 bridgehead atoms. The van der Waals surface area contributed by atoms with Crippen molar-refractivity contribution in [1.29, 1.82) is 5.26 Å². The second kappa shape index (κ2) is 4.73. The minimum Gasteiger partial charge on any atom is -0.391 e. The van der Waals surface area contributed by atoms with Crippen LogP contribution in [0.5, 0.6) is 0 Å². The number of benzene rings is 1. The number of rotatable bonds is 1. The maximum Gasteiger partial charge on any atom is 0.103 e. The van der Waals surface area contributed by atoms with Crippen molar-refractivity contribution >= 4 is 17.3 Å². The van der Waals surface area contributed by atoms with E-state index in [0.29, 0.717) is 17.1 Å². The Morgan fingerprint density at radius 3 is 3.00 bits per heavy atom. The molecule has 4 heteroatoms. The highest BCUT2D eigenvalue weighted by Crippen LogP contribution is 2.28. The molecule has 0 aliphatic carbocycles. The SMILES string of the molecule is N#Cc1c(Cl)cccc1N1CCC[C@H](O)C1. The first-order chi connectivity index (χ1) is 7.72. The molecule has 0 aromatic heterocycles. The van der Waals surface area contributed by atoms with Gasteiger partial charge in [0.25, 0.3) is 0 Å². The molecular formula is C12H13ClN2O. The smallest absolute Gasteiger partial charge is 0.103 e. The number of piperidine rings is 1. The Hall–Kier alpha value is -1.24. The van der Waals surface area contributed by atoms with Crippen molar-refractivity contribution in [3.05, 3.63) is 28.8 Å². The molecule has 1 aromatic rings. The predicted molar refractivity (Wildman–Crippen MR) is 63.6 cm³/mol. The maximum absolute atomic E-state index is 9.62. The molecule has 1 aliphatic rings. The van der Waals surface area contributed by atoms with Crippen LogP contribution in [0.2, 0.25) is 5.02 Å². The van der Waals surface area contributed by atoms with Crippen molar-refractivity contribution in [3.8, 4) is 6.07 Å². The zero-order chi connectivity index (χ0) is 11.5. The molecule has 0 spiro atoms. The van der Waals surface area contributed by atoms with Gasteiger partial charge < -0.3 is 10.0 Å². The third kappa shape index (κ3) is 2.13. The topological polar surface area (TPSA) is 47.3 Å². The van der Waals surface area contributed by atoms with Gasteiger partial charge in [-0.3, -0.25) is 0 Å². The number of aliphatic hydroxyl groups is 1. The van der Waals surface area contributed by atoms with Gasteiger partial charge in [-0.1, -0.05) is 17.7 Å². The van der Waals surface area contributed by atoms with Crippen molar-refractivity contribution in [2.75, 3.05) is 18.0 Å². The summed E-state index contributed by atoms with van der Waals surface area (Å²) in [5.74, 6) is 0. The van der Waals surface area contributed by atoms with Crippen LogP contribution in [0, 0.1) is 11.3 Å². The van der Waals surface area contributed by atoms with Gasteiger partial charge in [-0.05, 0) is 25.0 Å². The minimum absolute atomic E-state index is 0.306. The average molecular weight is 237 g/mol. The molecule has 0 radical (unpaired) electrons. The van der Waals surface area contributed by atoms with Crippen molar-refractivity contribution in [2.24, 2.45) is 0 Å². The summed E-state index contributed by atoms with van der Waals surface area (Å²) in [5, 5.41) is 19.2. The van der Waals surface area contributed by atoms with E-state index in [1.54, 1.807) is 6.07 Å². The van der Waals surface area contributed by atoms with Gasteiger partial charge in [-0.2, -0.15) is 5.26 Å². The number of hydrogen-bond acceptors (Lipinski definition) is 3. The van der Waals surface area contributed by atoms with E-state index < -0.39 is 0 Å². The van der Waals surface area contributed by atoms with E-state index in [4.69, 9.17) is 16.9 Å². The zero-order valence-electron chi connectivity index (χ0n) is 8.86. The lowest BCUT2D eigenvalue weighted by Crippen LogP contribution is -2.38. The van der Waals surface area contributed by atoms with E-state index >= 15 is 0 Å². The van der Waals surface area contributed by atoms with Crippen LogP contribution in [0.4, 0.5) is 5.69 Å². The van der Waals surface area contributed by atoms with E-state index in [2.05, 4.69) is 6.07 Å². The van der Waals surface area contributed by atoms with Gasteiger partial charge in [0.1, 0.15) is 6.07 Å². The molecule has 16 heavy (non-hydrogen) atoms. The fourth-order valence-electron chi connectivity index (χ4n) is 2.06. The second-order valence-electron chi connectivity index (χ2n) is 3.99. The van der Waals surface area contributed by atoms with Gasteiger partial charge >= 0.3 is 0 Å². The Bertz CT molecular complexity index is 428. The Labute approximate surface area is 99.9 Å². The number of nitrogens with zero attached hydrogens (tertiary/aromatic N) is 2. The van der Waals surface area contributed by atoms with Crippen LogP contribution >= 0.6 is 11.6 Å². The molecule has 84 valence electrons. The number of aliphatic hydroxyl groups excluding tert-OH is 1. The molecule has 1 saturated heterocycles. The standard InChI is InChI=1S/C12H13ClN2O/c13-11-4-1-5-12(10(11)7-14)15-6-2-3-9(16)8-15/h1,4-5,9,16H,2-3,6,8H2/t9-/m0/s1. The maximum atomic E-state index is 9.62. The van der Waals surface area contributed by atoms with Crippen LogP contribution in [-0.2, 0) is 0 Å². The van der Waals surface area contributed by atoms with E-state index in [1.165, 1.54) is 0 Å². The Morgan fingerprint density at radius 1 is 1.50 bits per heavy atom. The molecule has 1 atom stereocenters. The van der Waals surface area contributed by atoms with Crippen LogP contribution in [0.25, 0.3) is 0 Å². The molecule has 0 saturated carbocycles. The summed E-state index contributed by atoms with van der Waals surface area (Å²) < 4.78 is 0. The zero-order valence-corrected chi connectivity index (χ0v) is 9.61. The van der Waals surface area contributed by atoms with E-state index in [0.717, 1.165) is 25.1 Å². The molecule has 0 unspecified atom stereocenters. The fraction of sp³-hybridized carbons (Fsp3) is 0.417. The Morgan fingerprint density at radius 2 is 2.31 bits per heavy atom. The first kappa shape index (κ1) is 11.3. The monoisotopic (exact) mass is 236 g/mol. The number of anilines is 1. The number of halogens is 1. The highest BCUT2D eigenvalue weighted by atomic mass is 35.5. The van der Waals surface area contributed by atoms with Crippen molar-refractivity contribution in [2.45, 2.75) is 18.9 Å². The van der Waals surface area contributed by atoms with E-state index in [9.17, 15) is 5.11 Å². The summed E-state index contributed by atoms with van der Waals surface area (Å²) in [6, 6.07) is 7.54. The fourth-order valence-corrected chi connectivity index (χ4v) is 2.27. The normalized spacial score (nSPS) is 20.6. The van der Waals surface area contributed by atoms with Crippen LogP contribution < -0.4 is 4.90 Å². The minimum atomic E-state index is -0.306. The third-order valence-electron chi connectivity index (χ3n) is 2.84. The molecule has 3 nitrogen and oxygen atoms in total. The Balaban J connectivity index is 2.33. The first-order valence-corrected chi connectivity index (χ1v) is 5.72. The summed E-state index contributed by atoms with van der Waals surface area (Å²) in [4.78, 5) is 2.03. The summed E-state index contributed by atoms with van der Waals surface area (Å²) >= 11 is 5.97. The summed E-state index contributed by atoms with van der Waals surface area (Å²) in [6.45, 7) is 1.45. The summed E-state index contributed by atoms with van der Waals surface area (Å²) in [7, 11) is 0. The van der Waals surface area contributed by atoms with Crippen LogP contribution in [-0.4, -0.2) is 24.3 Å². The van der Waals surface area contributed by atoms with Gasteiger partial charge in [0.2, 0.25) is 0 Å². The van der Waals surface area contributed by atoms with Gasteiger partial charge in [-0.15, -0.1) is 0 Å². The van der Waals surface area contributed by atoms with Gasteiger partial charge in [0, 0.05) is 13.1 Å². The third-order valence-corrected chi connectivity index (χ3v) is 3.16. The van der Waals surface area contributed by atoms with Gasteiger partial charge in [-0.25, -0.2) is 0 Å². The quantitative estimate of drug-likeness (QED) is 0.813. The van der Waals surface area contributed by atoms with Gasteiger partial charge in [0.05, 0.1) is 22.4 Å². The van der Waals surface area contributed by atoms with Crippen molar-refractivity contribution < 1.29 is 5.11 Å². The molecular weight excluding hydrogens is 224 g/mol. The van der Waals surface area contributed by atoms with Crippen LogP contribution in [0.15, 0.2) is 18.2 Å². The Kier molecular flexibility index (Phi) is 3.33. The molecule has 1 aromatic carbocycles. The largest absolute Gasteiger partial charge is 0.391 e. The molecule has 1 fully saturated rings. The lowest BCUT2D eigenvalue weighted by Gasteiger charge is -2.32. The molecule has 2 rings (SSSR count). The van der Waals surface area contributed by atoms with Crippen LogP contribution in [0.3, 0.4) is 0 Å². The molecule has 1 heterocycles. The lowest BCUT2D eigenvalue weighted by atomic mass is 10.1. The summed E-state index contributed by atoms with van der Waals surface area (Å²) in [5.41, 5.74) is 1.33. The van der Waals surface area contributed by atoms with Gasteiger partial charge in [0.15, 0.2) is 0 Å². The highest BCUT2D eigenvalue weighted by molar-refractivity contribution is 6.32. The number of hydrogen-bond donors (Lipinski definition) is 1. The van der Waals surface area contributed by atoms with E-state index in [1.807, 2.05) is 17.0 Å². The molecule has 1 N–H and O–H groups in total. The average Bonchev–Trinajstić information content (AvgIpc) is 2.28. The van der Waals surface area contributed by atoms with Crippen molar-refractivity contribution in [3.63, 3.8) is 0 Å². The first-order valence-electron chi connectivity index (χ1n) is 5.34. The number of nitriles is 1. The second-order valence-corrected chi connectivity index (χ2v) is 4.40. The predicted octanol–water partition coefficient (Wildman–Crippen LogP) is 2.17. The molecule has 1 aliphatic heterocycles. The summed E-state index contributed by atoms with van der Waals surface area (Å²) in [6.07, 6.45) is 1.47. The highest BCUT2D eigenvalue weighted by Gasteiger charge is 2.20. The number of β-amino-alcohol motifs (C(OH)–C–C–N with tert-alkyl or cyclic N) is 1. The molecule has 0 amide bonds. The van der Waals surface area contributed by atoms with Crippen LogP contribution in [0.1, 0.15) is 18.4 Å². The van der Waals surface area contributed by atoms with E-state index in [-0.39, 0.29) is 6.10 Å². The van der Waals surface area contributed by atoms with Crippen molar-refractivity contribution in [1.82, 2.24) is 0 Å².